The first-order valence-electron chi connectivity index (χ1n) is 15.5. The van der Waals surface area contributed by atoms with Gasteiger partial charge in [0.1, 0.15) is 17.7 Å². The van der Waals surface area contributed by atoms with Gasteiger partial charge in [0.25, 0.3) is 11.8 Å². The summed E-state index contributed by atoms with van der Waals surface area (Å²) in [7, 11) is -2.32. The van der Waals surface area contributed by atoms with Gasteiger partial charge >= 0.3 is 6.18 Å². The second kappa shape index (κ2) is 13.2. The minimum Gasteiger partial charge on any atom is -0.411 e. The molecule has 1 N–H and O–H groups in total. The van der Waals surface area contributed by atoms with E-state index in [-0.39, 0.29) is 23.8 Å². The van der Waals surface area contributed by atoms with Gasteiger partial charge in [-0.05, 0) is 79.2 Å². The minimum absolute atomic E-state index is 0.0948. The summed E-state index contributed by atoms with van der Waals surface area (Å²) in [6.07, 6.45) is -4.67. The molecule has 3 aromatic carbocycles. The van der Waals surface area contributed by atoms with E-state index < -0.39 is 49.6 Å². The van der Waals surface area contributed by atoms with Crippen molar-refractivity contribution in [3.8, 4) is 5.69 Å². The SMILES string of the molecule is CCN1C(=O)[C@H](NC(=O)c2cccc(C(F)(F)F)c2)[C@H](c2ccc(F)cc2)c2c(CO[Si](C)(C)C(C)(C)C)nn(-c3cccc(Br)c3)c21. The molecule has 2 amide bonds. The van der Waals surface area contributed by atoms with Crippen molar-refractivity contribution in [3.63, 3.8) is 0 Å². The van der Waals surface area contributed by atoms with Gasteiger partial charge in [-0.1, -0.05) is 61.0 Å². The second-order valence-electron chi connectivity index (χ2n) is 13.3. The molecule has 0 fully saturated rings. The molecule has 1 aliphatic heterocycles. The zero-order chi connectivity index (χ0) is 35.2. The smallest absolute Gasteiger partial charge is 0.411 e. The molecule has 0 radical (unpaired) electrons. The summed E-state index contributed by atoms with van der Waals surface area (Å²) in [5.41, 5.74) is 1.05. The van der Waals surface area contributed by atoms with Gasteiger partial charge in [-0.3, -0.25) is 14.5 Å². The van der Waals surface area contributed by atoms with Crippen LogP contribution >= 0.6 is 15.9 Å². The maximum absolute atomic E-state index is 14.5. The summed E-state index contributed by atoms with van der Waals surface area (Å²) < 4.78 is 63.9. The second-order valence-corrected chi connectivity index (χ2v) is 19.0. The number of nitrogens with zero attached hydrogens (tertiary/aromatic N) is 3. The average molecular weight is 746 g/mol. The maximum Gasteiger partial charge on any atom is 0.416 e. The molecule has 5 rings (SSSR count). The molecule has 0 saturated carbocycles. The van der Waals surface area contributed by atoms with E-state index in [9.17, 15) is 27.2 Å². The molecule has 0 spiro atoms. The van der Waals surface area contributed by atoms with E-state index >= 15 is 0 Å². The Hall–Kier alpha value is -3.81. The summed E-state index contributed by atoms with van der Waals surface area (Å²) >= 11 is 3.52. The lowest BCUT2D eigenvalue weighted by Crippen LogP contribution is -2.55. The first-order valence-corrected chi connectivity index (χ1v) is 19.2. The Labute approximate surface area is 286 Å². The maximum atomic E-state index is 14.5. The van der Waals surface area contributed by atoms with Crippen molar-refractivity contribution in [2.45, 2.75) is 70.6 Å². The molecule has 0 saturated heterocycles. The molecule has 2 atom stereocenters. The Balaban J connectivity index is 1.72. The highest BCUT2D eigenvalue weighted by atomic mass is 79.9. The molecule has 0 unspecified atom stereocenters. The zero-order valence-corrected chi connectivity index (χ0v) is 30.0. The van der Waals surface area contributed by atoms with Gasteiger partial charge in [-0.2, -0.15) is 18.3 Å². The van der Waals surface area contributed by atoms with Crippen molar-refractivity contribution in [1.29, 1.82) is 0 Å². The molecule has 4 aromatic rings. The molecular weight excluding hydrogens is 708 g/mol. The highest BCUT2D eigenvalue weighted by molar-refractivity contribution is 9.10. The van der Waals surface area contributed by atoms with Gasteiger partial charge in [0, 0.05) is 28.1 Å². The number of likely N-dealkylation sites (N-methyl/N-ethyl adjacent to an activating group) is 1. The fourth-order valence-corrected chi connectivity index (χ4v) is 6.84. The monoisotopic (exact) mass is 744 g/mol. The van der Waals surface area contributed by atoms with Gasteiger partial charge in [0.2, 0.25) is 0 Å². The molecule has 1 aliphatic rings. The minimum atomic E-state index is -4.67. The van der Waals surface area contributed by atoms with E-state index in [1.807, 2.05) is 24.3 Å². The lowest BCUT2D eigenvalue weighted by molar-refractivity contribution is -0.137. The molecular formula is C35H37BrF4N4O3Si. The fraction of sp³-hybridized carbons (Fsp3) is 0.343. The molecule has 48 heavy (non-hydrogen) atoms. The lowest BCUT2D eigenvalue weighted by atomic mass is 9.81. The molecule has 0 bridgehead atoms. The van der Waals surface area contributed by atoms with Crippen LogP contribution in [0.4, 0.5) is 23.4 Å². The Morgan fingerprint density at radius 2 is 1.69 bits per heavy atom. The molecule has 7 nitrogen and oxygen atoms in total. The number of carbonyl (C=O) groups excluding carboxylic acids is 2. The number of nitrogens with one attached hydrogen (secondary N) is 1. The lowest BCUT2D eigenvalue weighted by Gasteiger charge is -2.39. The number of benzene rings is 3. The van der Waals surface area contributed by atoms with Crippen LogP contribution in [0, 0.1) is 5.82 Å². The van der Waals surface area contributed by atoms with Crippen LogP contribution in [0.1, 0.15) is 66.4 Å². The van der Waals surface area contributed by atoms with Gasteiger partial charge in [0.05, 0.1) is 23.6 Å². The molecule has 1 aromatic heterocycles. The zero-order valence-electron chi connectivity index (χ0n) is 27.5. The van der Waals surface area contributed by atoms with Crippen LogP contribution in [0.3, 0.4) is 0 Å². The molecule has 0 aliphatic carbocycles. The van der Waals surface area contributed by atoms with Crippen LogP contribution in [0.25, 0.3) is 5.69 Å². The van der Waals surface area contributed by atoms with Gasteiger partial charge < -0.3 is 9.74 Å². The van der Waals surface area contributed by atoms with E-state index in [0.29, 0.717) is 28.3 Å². The Morgan fingerprint density at radius 3 is 2.29 bits per heavy atom. The average Bonchev–Trinajstić information content (AvgIpc) is 3.39. The van der Waals surface area contributed by atoms with E-state index in [1.165, 1.54) is 35.2 Å². The van der Waals surface area contributed by atoms with Gasteiger partial charge in [-0.25, -0.2) is 9.07 Å². The third-order valence-electron chi connectivity index (χ3n) is 9.12. The highest BCUT2D eigenvalue weighted by Crippen LogP contribution is 2.45. The molecule has 2 heterocycles. The van der Waals surface area contributed by atoms with Crippen LogP contribution in [0.5, 0.6) is 0 Å². The number of fused-ring (bicyclic) bond motifs is 1. The highest BCUT2D eigenvalue weighted by Gasteiger charge is 2.47. The predicted molar refractivity (Wildman–Crippen MR) is 182 cm³/mol. The number of anilines is 1. The number of hydrogen-bond acceptors (Lipinski definition) is 4. The number of alkyl halides is 3. The predicted octanol–water partition coefficient (Wildman–Crippen LogP) is 8.61. The third kappa shape index (κ3) is 6.99. The number of hydrogen-bond donors (Lipinski definition) is 1. The van der Waals surface area contributed by atoms with Gasteiger partial charge in [-0.15, -0.1) is 0 Å². The van der Waals surface area contributed by atoms with E-state index in [4.69, 9.17) is 9.52 Å². The van der Waals surface area contributed by atoms with Crippen molar-refractivity contribution in [2.24, 2.45) is 0 Å². The topological polar surface area (TPSA) is 76.5 Å². The van der Waals surface area contributed by atoms with E-state index in [0.717, 1.165) is 22.7 Å². The first-order chi connectivity index (χ1) is 22.4. The van der Waals surface area contributed by atoms with Crippen LogP contribution < -0.4 is 10.2 Å². The van der Waals surface area contributed by atoms with Crippen LogP contribution in [0.2, 0.25) is 18.1 Å². The number of rotatable bonds is 8. The van der Waals surface area contributed by atoms with E-state index in [1.54, 1.807) is 11.6 Å². The first kappa shape index (κ1) is 35.5. The summed E-state index contributed by atoms with van der Waals surface area (Å²) in [6, 6.07) is 15.8. The molecule has 254 valence electrons. The van der Waals surface area contributed by atoms with Crippen molar-refractivity contribution >= 4 is 41.9 Å². The van der Waals surface area contributed by atoms with Gasteiger partial charge in [0.15, 0.2) is 8.32 Å². The summed E-state index contributed by atoms with van der Waals surface area (Å²) in [5, 5.41) is 7.64. The number of carbonyl (C=O) groups is 2. The van der Waals surface area contributed by atoms with Crippen molar-refractivity contribution in [2.75, 3.05) is 11.4 Å². The summed E-state index contributed by atoms with van der Waals surface area (Å²) in [6.45, 7) is 12.7. The third-order valence-corrected chi connectivity index (χ3v) is 14.1. The van der Waals surface area contributed by atoms with Crippen LogP contribution in [0.15, 0.2) is 77.3 Å². The number of aromatic nitrogens is 2. The Bertz CT molecular complexity index is 1840. The Morgan fingerprint density at radius 1 is 1.02 bits per heavy atom. The van der Waals surface area contributed by atoms with Crippen LogP contribution in [-0.4, -0.2) is 42.5 Å². The van der Waals surface area contributed by atoms with Crippen LogP contribution in [-0.2, 0) is 22.0 Å². The van der Waals surface area contributed by atoms with Crippen molar-refractivity contribution < 1.29 is 31.6 Å². The summed E-state index contributed by atoms with van der Waals surface area (Å²) in [5.74, 6) is -2.26. The molecule has 13 heteroatoms. The Kier molecular flexibility index (Phi) is 9.79. The number of amides is 2. The number of halogens is 5. The quantitative estimate of drug-likeness (QED) is 0.145. The normalized spacial score (nSPS) is 17.0. The van der Waals surface area contributed by atoms with Crippen molar-refractivity contribution in [3.05, 3.63) is 111 Å². The fourth-order valence-electron chi connectivity index (χ4n) is 5.53. The summed E-state index contributed by atoms with van der Waals surface area (Å²) in [4.78, 5) is 29.6. The largest absolute Gasteiger partial charge is 0.416 e. The van der Waals surface area contributed by atoms with Crippen molar-refractivity contribution in [1.82, 2.24) is 15.1 Å². The van der Waals surface area contributed by atoms with E-state index in [2.05, 4.69) is 55.1 Å². The standard InChI is InChI=1S/C35H37BrF4N4O3Si/c1-7-43-32-29(27(20-47-48(5,6)34(2,3)4)42-44(32)26-13-9-12-24(36)19-26)28(21-14-16-25(37)17-15-21)30(33(43)46)41-31(45)22-10-8-11-23(18-22)35(38,39)40/h8-19,28,30H,7,20H2,1-6H3,(H,41,45)/t28-,30-/m1/s1.